The summed E-state index contributed by atoms with van der Waals surface area (Å²) in [6.07, 6.45) is 0. The van der Waals surface area contributed by atoms with Crippen molar-refractivity contribution in [1.82, 2.24) is 4.57 Å². The lowest BCUT2D eigenvalue weighted by molar-refractivity contribution is 1.18. The predicted molar refractivity (Wildman–Crippen MR) is 154 cm³/mol. The molecule has 0 bridgehead atoms. The molecule has 0 aliphatic carbocycles. The largest absolute Gasteiger partial charge is 0.309 e. The third-order valence-corrected chi connectivity index (χ3v) is 7.32. The number of halogens is 1. The summed E-state index contributed by atoms with van der Waals surface area (Å²) in [7, 11) is 0. The fourth-order valence-electron chi connectivity index (χ4n) is 5.50. The van der Waals surface area contributed by atoms with Crippen molar-refractivity contribution >= 4 is 44.2 Å². The Hall–Kier alpha value is -4.33. The molecule has 7 aromatic rings. The van der Waals surface area contributed by atoms with Crippen LogP contribution in [-0.4, -0.2) is 4.57 Å². The fourth-order valence-corrected chi connectivity index (χ4v) is 5.62. The lowest BCUT2D eigenvalue weighted by atomic mass is 9.94. The summed E-state index contributed by atoms with van der Waals surface area (Å²) in [5.74, 6) is 0. The number of rotatable bonds is 3. The topological polar surface area (TPSA) is 4.93 Å². The van der Waals surface area contributed by atoms with Gasteiger partial charge in [-0.3, -0.25) is 0 Å². The maximum atomic E-state index is 6.21. The molecule has 36 heavy (non-hydrogen) atoms. The molecule has 0 saturated heterocycles. The van der Waals surface area contributed by atoms with E-state index in [-0.39, 0.29) is 0 Å². The minimum absolute atomic E-state index is 0.744. The second-order valence-corrected chi connectivity index (χ2v) is 9.54. The molecule has 0 atom stereocenters. The minimum atomic E-state index is 0.744. The number of benzene rings is 6. The van der Waals surface area contributed by atoms with Crippen molar-refractivity contribution in [2.75, 3.05) is 0 Å². The maximum Gasteiger partial charge on any atom is 0.0548 e. The smallest absolute Gasteiger partial charge is 0.0548 e. The van der Waals surface area contributed by atoms with Gasteiger partial charge < -0.3 is 4.57 Å². The van der Waals surface area contributed by atoms with Crippen molar-refractivity contribution in [3.05, 3.63) is 138 Å². The molecule has 2 heteroatoms. The van der Waals surface area contributed by atoms with Gasteiger partial charge in [-0.2, -0.15) is 0 Å². The summed E-state index contributed by atoms with van der Waals surface area (Å²) < 4.78 is 2.41. The van der Waals surface area contributed by atoms with E-state index in [1.807, 2.05) is 12.1 Å². The number of hydrogen-bond donors (Lipinski definition) is 0. The molecule has 6 aromatic carbocycles. The highest BCUT2D eigenvalue weighted by Crippen LogP contribution is 2.42. The Balaban J connectivity index is 1.63. The first-order valence-electron chi connectivity index (χ1n) is 12.2. The normalized spacial score (nSPS) is 11.5. The van der Waals surface area contributed by atoms with Gasteiger partial charge in [0.1, 0.15) is 0 Å². The highest BCUT2D eigenvalue weighted by atomic mass is 35.5. The van der Waals surface area contributed by atoms with Crippen LogP contribution >= 0.6 is 11.6 Å². The van der Waals surface area contributed by atoms with Crippen LogP contribution in [0.25, 0.3) is 60.5 Å². The molecule has 170 valence electrons. The van der Waals surface area contributed by atoms with Gasteiger partial charge >= 0.3 is 0 Å². The second kappa shape index (κ2) is 8.41. The van der Waals surface area contributed by atoms with Gasteiger partial charge in [0.25, 0.3) is 0 Å². The molecular weight excluding hydrogens is 458 g/mol. The standard InChI is InChI=1S/C34H22ClN/c35-26-20-17-24(18-21-26)27-12-4-6-15-30(27)36-31-16-7-5-13-29(31)34-32(36)22-19-25-11-8-14-28(33(25)34)23-9-2-1-3-10-23/h1-22H. The van der Waals surface area contributed by atoms with Crippen LogP contribution in [0.2, 0.25) is 5.02 Å². The Morgan fingerprint density at radius 1 is 0.444 bits per heavy atom. The molecule has 0 radical (unpaired) electrons. The van der Waals surface area contributed by atoms with Crippen molar-refractivity contribution in [2.24, 2.45) is 0 Å². The second-order valence-electron chi connectivity index (χ2n) is 9.11. The van der Waals surface area contributed by atoms with Crippen LogP contribution in [0.15, 0.2) is 133 Å². The van der Waals surface area contributed by atoms with Crippen LogP contribution in [0.4, 0.5) is 0 Å². The van der Waals surface area contributed by atoms with Crippen molar-refractivity contribution < 1.29 is 0 Å². The number of hydrogen-bond acceptors (Lipinski definition) is 0. The van der Waals surface area contributed by atoms with Crippen LogP contribution in [-0.2, 0) is 0 Å². The van der Waals surface area contributed by atoms with Crippen molar-refractivity contribution in [2.45, 2.75) is 0 Å². The fraction of sp³-hybridized carbons (Fsp3) is 0. The molecule has 7 rings (SSSR count). The van der Waals surface area contributed by atoms with E-state index in [1.54, 1.807) is 0 Å². The molecule has 0 amide bonds. The van der Waals surface area contributed by atoms with Crippen molar-refractivity contribution in [1.29, 1.82) is 0 Å². The molecule has 0 aliphatic rings. The summed E-state index contributed by atoms with van der Waals surface area (Å²) >= 11 is 6.21. The van der Waals surface area contributed by atoms with E-state index in [0.29, 0.717) is 0 Å². The average Bonchev–Trinajstić information content (AvgIpc) is 3.28. The van der Waals surface area contributed by atoms with Gasteiger partial charge in [-0.05, 0) is 57.8 Å². The summed E-state index contributed by atoms with van der Waals surface area (Å²) in [5.41, 5.74) is 8.36. The van der Waals surface area contributed by atoms with E-state index in [0.717, 1.165) is 16.3 Å². The molecule has 1 nitrogen and oxygen atoms in total. The first kappa shape index (κ1) is 21.0. The molecule has 0 N–H and O–H groups in total. The minimum Gasteiger partial charge on any atom is -0.309 e. The van der Waals surface area contributed by atoms with Gasteiger partial charge in [-0.1, -0.05) is 115 Å². The summed E-state index contributed by atoms with van der Waals surface area (Å²) in [6.45, 7) is 0. The molecular formula is C34H22ClN. The Kier molecular flexibility index (Phi) is 4.90. The number of nitrogens with zero attached hydrogens (tertiary/aromatic N) is 1. The maximum absolute atomic E-state index is 6.21. The van der Waals surface area contributed by atoms with Gasteiger partial charge in [0, 0.05) is 21.4 Å². The molecule has 0 saturated carbocycles. The van der Waals surface area contributed by atoms with Crippen LogP contribution < -0.4 is 0 Å². The highest BCUT2D eigenvalue weighted by molar-refractivity contribution is 6.30. The lowest BCUT2D eigenvalue weighted by Gasteiger charge is -2.14. The van der Waals surface area contributed by atoms with Gasteiger partial charge in [0.05, 0.1) is 16.7 Å². The molecule has 0 fully saturated rings. The third-order valence-electron chi connectivity index (χ3n) is 7.06. The lowest BCUT2D eigenvalue weighted by Crippen LogP contribution is -1.97. The third kappa shape index (κ3) is 3.25. The van der Waals surface area contributed by atoms with Gasteiger partial charge in [-0.25, -0.2) is 0 Å². The van der Waals surface area contributed by atoms with E-state index in [4.69, 9.17) is 11.6 Å². The van der Waals surface area contributed by atoms with Crippen LogP contribution in [0, 0.1) is 0 Å². The zero-order chi connectivity index (χ0) is 24.1. The molecule has 0 spiro atoms. The van der Waals surface area contributed by atoms with E-state index in [9.17, 15) is 0 Å². The van der Waals surface area contributed by atoms with Crippen LogP contribution in [0.5, 0.6) is 0 Å². The van der Waals surface area contributed by atoms with Gasteiger partial charge in [0.2, 0.25) is 0 Å². The monoisotopic (exact) mass is 479 g/mol. The van der Waals surface area contributed by atoms with Gasteiger partial charge in [-0.15, -0.1) is 0 Å². The van der Waals surface area contributed by atoms with E-state index >= 15 is 0 Å². The Bertz CT molecular complexity index is 1880. The number of fused-ring (bicyclic) bond motifs is 5. The molecule has 1 heterocycles. The zero-order valence-electron chi connectivity index (χ0n) is 19.5. The summed E-state index contributed by atoms with van der Waals surface area (Å²) in [4.78, 5) is 0. The quantitative estimate of drug-likeness (QED) is 0.237. The average molecular weight is 480 g/mol. The first-order valence-corrected chi connectivity index (χ1v) is 12.5. The van der Waals surface area contributed by atoms with Crippen LogP contribution in [0.1, 0.15) is 0 Å². The predicted octanol–water partition coefficient (Wildman–Crippen LogP) is 9.92. The Labute approximate surface area is 214 Å². The molecule has 0 unspecified atom stereocenters. The Morgan fingerprint density at radius 2 is 1.14 bits per heavy atom. The van der Waals surface area contributed by atoms with E-state index in [1.165, 1.54) is 49.3 Å². The van der Waals surface area contributed by atoms with E-state index < -0.39 is 0 Å². The van der Waals surface area contributed by atoms with Crippen LogP contribution in [0.3, 0.4) is 0 Å². The Morgan fingerprint density at radius 3 is 2.00 bits per heavy atom. The first-order chi connectivity index (χ1) is 17.8. The zero-order valence-corrected chi connectivity index (χ0v) is 20.3. The molecule has 1 aromatic heterocycles. The van der Waals surface area contributed by atoms with Crippen molar-refractivity contribution in [3.63, 3.8) is 0 Å². The van der Waals surface area contributed by atoms with E-state index in [2.05, 4.69) is 126 Å². The summed E-state index contributed by atoms with van der Waals surface area (Å²) in [6, 6.07) is 47.3. The SMILES string of the molecule is Clc1ccc(-c2ccccc2-n2c3ccccc3c3c4c(-c5ccccc5)cccc4ccc32)cc1. The van der Waals surface area contributed by atoms with Crippen molar-refractivity contribution in [3.8, 4) is 27.9 Å². The molecule has 0 aliphatic heterocycles. The number of aromatic nitrogens is 1. The van der Waals surface area contributed by atoms with Gasteiger partial charge in [0.15, 0.2) is 0 Å². The summed E-state index contributed by atoms with van der Waals surface area (Å²) in [5, 5.41) is 5.83. The highest BCUT2D eigenvalue weighted by Gasteiger charge is 2.18. The number of para-hydroxylation sites is 2.